The highest BCUT2D eigenvalue weighted by molar-refractivity contribution is 6.36. The fourth-order valence-corrected chi connectivity index (χ4v) is 7.14. The zero-order chi connectivity index (χ0) is 34.4. The Morgan fingerprint density at radius 2 is 1.80 bits per heavy atom. The van der Waals surface area contributed by atoms with Crippen molar-refractivity contribution in [2.45, 2.75) is 51.3 Å². The predicted molar refractivity (Wildman–Crippen MR) is 183 cm³/mol. The van der Waals surface area contributed by atoms with Crippen LogP contribution in [0.2, 0.25) is 10.0 Å². The van der Waals surface area contributed by atoms with Crippen LogP contribution in [0, 0.1) is 11.7 Å². The topological polar surface area (TPSA) is 107 Å². The van der Waals surface area contributed by atoms with Crippen LogP contribution in [0.1, 0.15) is 64.1 Å². The summed E-state index contributed by atoms with van der Waals surface area (Å²) >= 11 is 13.5. The molecule has 0 bridgehead atoms. The van der Waals surface area contributed by atoms with E-state index in [0.717, 1.165) is 59.4 Å². The summed E-state index contributed by atoms with van der Waals surface area (Å²) in [7, 11) is 5.33. The number of nitrogens with one attached hydrogen (secondary N) is 2. The molecule has 1 aromatic heterocycles. The van der Waals surface area contributed by atoms with Gasteiger partial charge in [0.25, 0.3) is 5.91 Å². The molecule has 0 spiro atoms. The molecule has 2 aliphatic carbocycles. The fraction of sp³-hybridized carbons (Fsp3) is 0.361. The maximum atomic E-state index is 15.5. The molecule has 1 amide bonds. The number of benzene rings is 3. The fourth-order valence-electron chi connectivity index (χ4n) is 6.65. The molecule has 1 saturated carbocycles. The number of anilines is 1. The van der Waals surface area contributed by atoms with E-state index in [9.17, 15) is 9.59 Å². The van der Waals surface area contributed by atoms with Crippen LogP contribution in [0.3, 0.4) is 0 Å². The van der Waals surface area contributed by atoms with Crippen molar-refractivity contribution in [3.63, 3.8) is 0 Å². The van der Waals surface area contributed by atoms with E-state index >= 15 is 4.39 Å². The molecule has 3 aliphatic rings. The number of likely N-dealkylation sites (N-methyl/N-ethyl adjacent to an activating group) is 1. The molecule has 3 aromatic carbocycles. The van der Waals surface area contributed by atoms with Crippen LogP contribution in [-0.4, -0.2) is 47.0 Å². The van der Waals surface area contributed by atoms with Crippen LogP contribution in [-0.2, 0) is 42.6 Å². The Balaban J connectivity index is 1.10. The first-order valence-corrected chi connectivity index (χ1v) is 17.0. The van der Waals surface area contributed by atoms with Crippen LogP contribution >= 0.6 is 23.2 Å². The number of hydrogen-bond donors (Lipinski definition) is 2. The Morgan fingerprint density at radius 1 is 1.02 bits per heavy atom. The SMILES string of the molecule is COc1cc(OC2CCc3c(-c4cccc(NC(=O)c5nc6c(n5C)CCN(C)C6)c4Cl)cccc32)c(Cl)c(F)c1CNOC(=O)C1CC1. The van der Waals surface area contributed by atoms with Crippen molar-refractivity contribution in [1.29, 1.82) is 0 Å². The third-order valence-corrected chi connectivity index (χ3v) is 10.2. The molecule has 0 saturated heterocycles. The van der Waals surface area contributed by atoms with Crippen molar-refractivity contribution >= 4 is 40.8 Å². The lowest BCUT2D eigenvalue weighted by Gasteiger charge is -2.21. The summed E-state index contributed by atoms with van der Waals surface area (Å²) in [6.07, 6.45) is 3.33. The second-order valence-corrected chi connectivity index (χ2v) is 13.5. The maximum absolute atomic E-state index is 15.5. The van der Waals surface area contributed by atoms with Gasteiger partial charge in [0.05, 0.1) is 36.0 Å². The molecule has 1 unspecified atom stereocenters. The van der Waals surface area contributed by atoms with Gasteiger partial charge in [-0.25, -0.2) is 9.37 Å². The van der Waals surface area contributed by atoms with Crippen LogP contribution < -0.4 is 20.3 Å². The second-order valence-electron chi connectivity index (χ2n) is 12.7. The van der Waals surface area contributed by atoms with Crippen molar-refractivity contribution in [1.82, 2.24) is 19.9 Å². The van der Waals surface area contributed by atoms with Gasteiger partial charge in [0.1, 0.15) is 22.6 Å². The monoisotopic (exact) mass is 707 g/mol. The lowest BCUT2D eigenvalue weighted by Crippen LogP contribution is -2.27. The molecule has 2 heterocycles. The highest BCUT2D eigenvalue weighted by Gasteiger charge is 2.33. The average molecular weight is 709 g/mol. The average Bonchev–Trinajstić information content (AvgIpc) is 3.80. The minimum Gasteiger partial charge on any atom is -0.496 e. The normalized spacial score (nSPS) is 17.0. The Morgan fingerprint density at radius 3 is 2.57 bits per heavy atom. The zero-order valence-corrected chi connectivity index (χ0v) is 28.9. The number of hydrogen-bond acceptors (Lipinski definition) is 8. The smallest absolute Gasteiger partial charge is 0.327 e. The molecular weight excluding hydrogens is 672 g/mol. The van der Waals surface area contributed by atoms with Crippen molar-refractivity contribution in [2.24, 2.45) is 13.0 Å². The number of amides is 1. The molecule has 1 aliphatic heterocycles. The molecule has 0 radical (unpaired) electrons. The molecule has 1 fully saturated rings. The lowest BCUT2D eigenvalue weighted by molar-refractivity contribution is -0.153. The number of imidazole rings is 1. The second kappa shape index (κ2) is 13.6. The van der Waals surface area contributed by atoms with Gasteiger partial charge in [-0.2, -0.15) is 0 Å². The third-order valence-electron chi connectivity index (χ3n) is 9.46. The van der Waals surface area contributed by atoms with Crippen molar-refractivity contribution in [3.8, 4) is 22.6 Å². The number of rotatable bonds is 10. The predicted octanol–water partition coefficient (Wildman–Crippen LogP) is 6.81. The van der Waals surface area contributed by atoms with Gasteiger partial charge >= 0.3 is 5.97 Å². The highest BCUT2D eigenvalue weighted by Crippen LogP contribution is 2.45. The molecule has 13 heteroatoms. The number of aromatic nitrogens is 2. The zero-order valence-electron chi connectivity index (χ0n) is 27.4. The van der Waals surface area contributed by atoms with Crippen molar-refractivity contribution in [3.05, 3.63) is 92.2 Å². The molecule has 256 valence electrons. The number of halogens is 3. The van der Waals surface area contributed by atoms with Crippen LogP contribution in [0.4, 0.5) is 10.1 Å². The van der Waals surface area contributed by atoms with Gasteiger partial charge in [-0.05, 0) is 55.5 Å². The largest absolute Gasteiger partial charge is 0.496 e. The van der Waals surface area contributed by atoms with Gasteiger partial charge in [-0.15, -0.1) is 5.48 Å². The minimum absolute atomic E-state index is 0.0978. The number of hydroxylamine groups is 1. The van der Waals surface area contributed by atoms with Gasteiger partial charge in [-0.3, -0.25) is 9.59 Å². The van der Waals surface area contributed by atoms with Crippen LogP contribution in [0.5, 0.6) is 11.5 Å². The maximum Gasteiger partial charge on any atom is 0.327 e. The van der Waals surface area contributed by atoms with Gasteiger partial charge in [0, 0.05) is 49.4 Å². The van der Waals surface area contributed by atoms with Crippen molar-refractivity contribution < 1.29 is 28.3 Å². The summed E-state index contributed by atoms with van der Waals surface area (Å²) in [6, 6.07) is 13.0. The Bertz CT molecular complexity index is 1960. The van der Waals surface area contributed by atoms with Crippen LogP contribution in [0.15, 0.2) is 42.5 Å². The number of carbonyl (C=O) groups is 2. The third kappa shape index (κ3) is 6.48. The van der Waals surface area contributed by atoms with Gasteiger partial charge in [0.15, 0.2) is 11.6 Å². The van der Waals surface area contributed by atoms with E-state index in [0.29, 0.717) is 35.9 Å². The number of methoxy groups -OCH3 is 1. The van der Waals surface area contributed by atoms with E-state index in [4.69, 9.17) is 37.5 Å². The van der Waals surface area contributed by atoms with Gasteiger partial charge in [0.2, 0.25) is 0 Å². The minimum atomic E-state index is -0.721. The Hall–Kier alpha value is -4.16. The van der Waals surface area contributed by atoms with E-state index < -0.39 is 11.9 Å². The number of fused-ring (bicyclic) bond motifs is 2. The first-order chi connectivity index (χ1) is 23.6. The summed E-state index contributed by atoms with van der Waals surface area (Å²) in [5.74, 6) is -0.813. The molecule has 1 atom stereocenters. The van der Waals surface area contributed by atoms with E-state index in [1.54, 1.807) is 12.1 Å². The summed E-state index contributed by atoms with van der Waals surface area (Å²) in [5, 5.41) is 3.20. The number of nitrogens with zero attached hydrogens (tertiary/aromatic N) is 3. The molecule has 49 heavy (non-hydrogen) atoms. The summed E-state index contributed by atoms with van der Waals surface area (Å²) < 4.78 is 29.2. The molecular formula is C36H36Cl2FN5O5. The Kier molecular flexibility index (Phi) is 9.27. The molecule has 2 N–H and O–H groups in total. The van der Waals surface area contributed by atoms with E-state index in [1.807, 2.05) is 49.0 Å². The number of carbonyl (C=O) groups excluding carboxylic acids is 2. The number of ether oxygens (including phenoxy) is 2. The van der Waals surface area contributed by atoms with Gasteiger partial charge < -0.3 is 29.1 Å². The van der Waals surface area contributed by atoms with E-state index in [-0.39, 0.29) is 46.4 Å². The first-order valence-electron chi connectivity index (χ1n) is 16.2. The standard InChI is InChI=1S/C36H36Cl2FN5O5/c1-43-15-14-27-26(18-43)41-34(44(27)2)35(45)42-25-9-5-8-23(31(25)37)20-6-4-7-22-21(20)12-13-28(22)48-30-16-29(47-3)24(33(39)32(30)38)17-40-49-36(46)19-10-11-19/h4-9,16,19,28,40H,10-15,17-18H2,1-3H3,(H,42,45). The molecule has 10 nitrogen and oxygen atoms in total. The van der Waals surface area contributed by atoms with E-state index in [2.05, 4.69) is 20.7 Å². The quantitative estimate of drug-likeness (QED) is 0.173. The summed E-state index contributed by atoms with van der Waals surface area (Å²) in [6.45, 7) is 1.49. The van der Waals surface area contributed by atoms with Gasteiger partial charge in [-0.1, -0.05) is 53.5 Å². The first kappa shape index (κ1) is 33.3. The van der Waals surface area contributed by atoms with E-state index in [1.165, 1.54) is 7.11 Å². The highest BCUT2D eigenvalue weighted by atomic mass is 35.5. The van der Waals surface area contributed by atoms with Crippen LogP contribution in [0.25, 0.3) is 11.1 Å². The Labute approximate surface area is 293 Å². The lowest BCUT2D eigenvalue weighted by atomic mass is 9.96. The van der Waals surface area contributed by atoms with Crippen molar-refractivity contribution in [2.75, 3.05) is 26.0 Å². The summed E-state index contributed by atoms with van der Waals surface area (Å²) in [5.41, 5.74) is 8.77. The molecule has 4 aromatic rings. The summed E-state index contributed by atoms with van der Waals surface area (Å²) in [4.78, 5) is 37.1. The molecule has 7 rings (SSSR count).